The van der Waals surface area contributed by atoms with Gasteiger partial charge in [0, 0.05) is 56.4 Å². The number of amides is 1. The van der Waals surface area contributed by atoms with Gasteiger partial charge in [0.1, 0.15) is 17.2 Å². The van der Waals surface area contributed by atoms with Crippen molar-refractivity contribution in [2.45, 2.75) is 31.8 Å². The maximum Gasteiger partial charge on any atom is 0.210 e. The predicted octanol–water partition coefficient (Wildman–Crippen LogP) is 2.69. The molecular formula is C22H23N7O. The van der Waals surface area contributed by atoms with Gasteiger partial charge in [0.15, 0.2) is 0 Å². The van der Waals surface area contributed by atoms with Crippen LogP contribution in [0.5, 0.6) is 0 Å². The summed E-state index contributed by atoms with van der Waals surface area (Å²) in [4.78, 5) is 23.1. The molecular weight excluding hydrogens is 378 g/mol. The molecule has 0 aromatic carbocycles. The van der Waals surface area contributed by atoms with Crippen LogP contribution in [0.3, 0.4) is 0 Å². The van der Waals surface area contributed by atoms with Crippen molar-refractivity contribution in [3.8, 4) is 22.6 Å². The van der Waals surface area contributed by atoms with E-state index in [1.165, 1.54) is 18.7 Å². The Labute approximate surface area is 173 Å². The van der Waals surface area contributed by atoms with Gasteiger partial charge in [0.05, 0.1) is 23.6 Å². The van der Waals surface area contributed by atoms with Crippen LogP contribution in [0, 0.1) is 0 Å². The molecule has 0 radical (unpaired) electrons. The lowest BCUT2D eigenvalue weighted by molar-refractivity contribution is -0.119. The number of aromatic nitrogens is 6. The van der Waals surface area contributed by atoms with Crippen molar-refractivity contribution in [2.24, 2.45) is 14.1 Å². The Kier molecular flexibility index (Phi) is 3.65. The molecule has 30 heavy (non-hydrogen) atoms. The number of carbonyl (C=O) groups excluding carboxylic acids is 1. The van der Waals surface area contributed by atoms with Crippen molar-refractivity contribution < 1.29 is 4.79 Å². The molecule has 0 atom stereocenters. The summed E-state index contributed by atoms with van der Waals surface area (Å²) in [5.74, 6) is 1.73. The van der Waals surface area contributed by atoms with E-state index in [0.717, 1.165) is 58.9 Å². The van der Waals surface area contributed by atoms with E-state index in [-0.39, 0.29) is 0 Å². The van der Waals surface area contributed by atoms with E-state index in [4.69, 9.17) is 4.98 Å². The van der Waals surface area contributed by atoms with Crippen molar-refractivity contribution in [1.29, 1.82) is 0 Å². The van der Waals surface area contributed by atoms with Crippen LogP contribution in [0.1, 0.15) is 30.3 Å². The average Bonchev–Trinajstić information content (AvgIpc) is 3.27. The van der Waals surface area contributed by atoms with Crippen molar-refractivity contribution in [2.75, 3.05) is 6.54 Å². The van der Waals surface area contributed by atoms with Crippen LogP contribution in [0.15, 0.2) is 30.6 Å². The van der Waals surface area contributed by atoms with Gasteiger partial charge in [-0.05, 0) is 31.0 Å². The Morgan fingerprint density at radius 2 is 2.03 bits per heavy atom. The number of nitrogens with zero attached hydrogens (tertiary/aromatic N) is 7. The van der Waals surface area contributed by atoms with Gasteiger partial charge in [-0.15, -0.1) is 0 Å². The summed E-state index contributed by atoms with van der Waals surface area (Å²) < 4.78 is 6.24. The number of carbonyl (C=O) groups is 1. The maximum absolute atomic E-state index is 11.5. The fourth-order valence-corrected chi connectivity index (χ4v) is 4.60. The van der Waals surface area contributed by atoms with Crippen LogP contribution in [0.4, 0.5) is 0 Å². The highest BCUT2D eigenvalue weighted by atomic mass is 16.1. The molecule has 5 heterocycles. The third-order valence-corrected chi connectivity index (χ3v) is 6.32. The predicted molar refractivity (Wildman–Crippen MR) is 113 cm³/mol. The van der Waals surface area contributed by atoms with Crippen molar-refractivity contribution in [3.05, 3.63) is 42.1 Å². The quantitative estimate of drug-likeness (QED) is 0.493. The lowest BCUT2D eigenvalue weighted by atomic mass is 10.1. The molecule has 8 heteroatoms. The van der Waals surface area contributed by atoms with E-state index in [1.807, 2.05) is 48.2 Å². The number of aryl methyl sites for hydroxylation is 2. The van der Waals surface area contributed by atoms with E-state index < -0.39 is 0 Å². The third kappa shape index (κ3) is 2.52. The van der Waals surface area contributed by atoms with Gasteiger partial charge in [-0.3, -0.25) is 9.48 Å². The first-order chi connectivity index (χ1) is 14.6. The van der Waals surface area contributed by atoms with E-state index in [2.05, 4.69) is 25.3 Å². The summed E-state index contributed by atoms with van der Waals surface area (Å²) in [5.41, 5.74) is 6.03. The monoisotopic (exact) mass is 401 g/mol. The molecule has 4 aromatic heterocycles. The first kappa shape index (κ1) is 17.4. The van der Waals surface area contributed by atoms with Crippen molar-refractivity contribution >= 4 is 17.4 Å². The van der Waals surface area contributed by atoms with E-state index in [9.17, 15) is 4.79 Å². The smallest absolute Gasteiger partial charge is 0.210 e. The zero-order valence-electron chi connectivity index (χ0n) is 17.1. The highest BCUT2D eigenvalue weighted by molar-refractivity contribution is 5.96. The Morgan fingerprint density at radius 1 is 1.17 bits per heavy atom. The second kappa shape index (κ2) is 6.29. The third-order valence-electron chi connectivity index (χ3n) is 6.32. The van der Waals surface area contributed by atoms with Gasteiger partial charge < -0.3 is 14.0 Å². The van der Waals surface area contributed by atoms with Crippen LogP contribution >= 0.6 is 0 Å². The van der Waals surface area contributed by atoms with E-state index in [1.54, 1.807) is 0 Å². The number of hydrogen-bond acceptors (Lipinski definition) is 4. The minimum Gasteiger partial charge on any atom is -0.338 e. The van der Waals surface area contributed by atoms with Gasteiger partial charge in [0.25, 0.3) is 0 Å². The normalized spacial score (nSPS) is 16.3. The first-order valence-electron chi connectivity index (χ1n) is 10.4. The standard InChI is InChI=1S/C22H23N7O/c1-26-8-6-17(25-26)18-11-16-15(5-7-23-22(16)27(18)2)20-19-12-28(13-30)9-10-29(19)21(24-20)14-3-4-14/h5-8,11,13-14H,3-4,9-10,12H2,1-2H3. The summed E-state index contributed by atoms with van der Waals surface area (Å²) >= 11 is 0. The Balaban J connectivity index is 1.56. The molecule has 6 rings (SSSR count). The molecule has 0 N–H and O–H groups in total. The fraction of sp³-hybridized carbons (Fsp3) is 0.364. The number of rotatable bonds is 4. The highest BCUT2D eigenvalue weighted by Gasteiger charge is 2.34. The van der Waals surface area contributed by atoms with Crippen LogP contribution < -0.4 is 0 Å². The van der Waals surface area contributed by atoms with Crippen LogP contribution in [-0.4, -0.2) is 46.7 Å². The van der Waals surface area contributed by atoms with Crippen molar-refractivity contribution in [1.82, 2.24) is 33.8 Å². The summed E-state index contributed by atoms with van der Waals surface area (Å²) in [6.45, 7) is 2.16. The second-order valence-corrected chi connectivity index (χ2v) is 8.33. The molecule has 0 unspecified atom stereocenters. The molecule has 0 spiro atoms. The number of hydrogen-bond donors (Lipinski definition) is 0. The summed E-state index contributed by atoms with van der Waals surface area (Å²) in [7, 11) is 3.95. The molecule has 152 valence electrons. The van der Waals surface area contributed by atoms with Crippen LogP contribution in [-0.2, 0) is 32.0 Å². The van der Waals surface area contributed by atoms with E-state index >= 15 is 0 Å². The highest BCUT2D eigenvalue weighted by Crippen LogP contribution is 2.43. The first-order valence-corrected chi connectivity index (χ1v) is 10.4. The minimum absolute atomic E-state index is 0.553. The van der Waals surface area contributed by atoms with Gasteiger partial charge in [-0.2, -0.15) is 5.10 Å². The van der Waals surface area contributed by atoms with Crippen molar-refractivity contribution in [3.63, 3.8) is 0 Å². The summed E-state index contributed by atoms with van der Waals surface area (Å²) in [6.07, 6.45) is 7.15. The average molecular weight is 401 g/mol. The molecule has 4 aromatic rings. The molecule has 1 aliphatic carbocycles. The molecule has 0 saturated heterocycles. The van der Waals surface area contributed by atoms with Gasteiger partial charge in [-0.1, -0.05) is 0 Å². The Morgan fingerprint density at radius 3 is 2.77 bits per heavy atom. The van der Waals surface area contributed by atoms with Gasteiger partial charge in [0.2, 0.25) is 6.41 Å². The van der Waals surface area contributed by atoms with Gasteiger partial charge >= 0.3 is 0 Å². The molecule has 0 bridgehead atoms. The van der Waals surface area contributed by atoms with E-state index in [0.29, 0.717) is 12.5 Å². The second-order valence-electron chi connectivity index (χ2n) is 8.33. The lowest BCUT2D eigenvalue weighted by Gasteiger charge is -2.26. The maximum atomic E-state index is 11.5. The summed E-state index contributed by atoms with van der Waals surface area (Å²) in [6, 6.07) is 6.21. The SMILES string of the molecule is Cn1ccc(-c2cc3c(-c4nc(C5CC5)n5c4CN(C=O)CC5)ccnc3n2C)n1. The molecule has 8 nitrogen and oxygen atoms in total. The summed E-state index contributed by atoms with van der Waals surface area (Å²) in [5, 5.41) is 5.63. The number of imidazole rings is 1. The Bertz CT molecular complexity index is 1290. The van der Waals surface area contributed by atoms with Crippen LogP contribution in [0.2, 0.25) is 0 Å². The number of fused-ring (bicyclic) bond motifs is 2. The molecule has 2 aliphatic rings. The fourth-order valence-electron chi connectivity index (χ4n) is 4.60. The molecule has 1 amide bonds. The molecule has 1 saturated carbocycles. The zero-order valence-corrected chi connectivity index (χ0v) is 17.1. The topological polar surface area (TPSA) is 73.8 Å². The van der Waals surface area contributed by atoms with Gasteiger partial charge in [-0.25, -0.2) is 9.97 Å². The largest absolute Gasteiger partial charge is 0.338 e. The zero-order chi connectivity index (χ0) is 20.4. The lowest BCUT2D eigenvalue weighted by Crippen LogP contribution is -2.33. The molecule has 1 aliphatic heterocycles. The van der Waals surface area contributed by atoms with Crippen LogP contribution in [0.25, 0.3) is 33.7 Å². The molecule has 1 fully saturated rings. The Hall–Kier alpha value is -3.42. The minimum atomic E-state index is 0.553. The number of pyridine rings is 1.